The third-order valence-electron chi connectivity index (χ3n) is 13.3. The summed E-state index contributed by atoms with van der Waals surface area (Å²) in [6, 6.07) is 5.05. The Labute approximate surface area is 355 Å². The first-order valence-electron chi connectivity index (χ1n) is 21.2. The van der Waals surface area contributed by atoms with Crippen molar-refractivity contribution in [3.05, 3.63) is 42.6 Å². The van der Waals surface area contributed by atoms with Gasteiger partial charge < -0.3 is 34.6 Å². The molecule has 1 aromatic heterocycles. The number of hydrogen-bond donors (Lipinski definition) is 3. The fourth-order valence-electron chi connectivity index (χ4n) is 8.53. The maximum atomic E-state index is 14.9. The van der Waals surface area contributed by atoms with E-state index in [2.05, 4.69) is 20.3 Å². The van der Waals surface area contributed by atoms with E-state index in [4.69, 9.17) is 19.2 Å². The van der Waals surface area contributed by atoms with E-state index >= 15 is 0 Å². The Kier molecular flexibility index (Phi) is 12.1. The third kappa shape index (κ3) is 9.16. The lowest BCUT2D eigenvalue weighted by atomic mass is 9.88. The summed E-state index contributed by atoms with van der Waals surface area (Å²) >= 11 is 0. The van der Waals surface area contributed by atoms with E-state index in [0.29, 0.717) is 70.7 Å². The lowest BCUT2D eigenvalue weighted by Crippen LogP contribution is -2.59. The second-order valence-corrected chi connectivity index (χ2v) is 20.7. The summed E-state index contributed by atoms with van der Waals surface area (Å²) in [6.07, 6.45) is 6.01. The van der Waals surface area contributed by atoms with Gasteiger partial charge in [-0.25, -0.2) is 27.0 Å². The number of allylic oxidation sites excluding steroid dienone is 1. The van der Waals surface area contributed by atoms with Crippen molar-refractivity contribution < 1.29 is 50.6 Å². The molecule has 3 aliphatic heterocycles. The molecule has 1 aromatic carbocycles. The van der Waals surface area contributed by atoms with Crippen LogP contribution < -0.4 is 25.0 Å². The predicted octanol–water partition coefficient (Wildman–Crippen LogP) is 4.83. The normalized spacial score (nSPS) is 30.2. The fourth-order valence-corrected chi connectivity index (χ4v) is 9.85. The van der Waals surface area contributed by atoms with E-state index < -0.39 is 85.7 Å². The molecule has 4 fully saturated rings. The molecule has 2 aromatic rings. The Morgan fingerprint density at radius 3 is 2.41 bits per heavy atom. The molecule has 7 rings (SSSR count). The average molecular weight is 873 g/mol. The Bertz CT molecular complexity index is 2170. The zero-order valence-electron chi connectivity index (χ0n) is 35.7. The highest BCUT2D eigenvalue weighted by atomic mass is 32.2. The number of aromatic nitrogens is 1. The lowest BCUT2D eigenvalue weighted by molar-refractivity contribution is -0.152. The molecule has 18 heteroatoms. The highest BCUT2D eigenvalue weighted by Crippen LogP contribution is 2.48. The van der Waals surface area contributed by atoms with E-state index in [9.17, 15) is 36.4 Å². The molecule has 61 heavy (non-hydrogen) atoms. The zero-order valence-corrected chi connectivity index (χ0v) is 36.5. The van der Waals surface area contributed by atoms with Gasteiger partial charge in [0.2, 0.25) is 27.7 Å². The molecule has 0 bridgehead atoms. The second kappa shape index (κ2) is 16.6. The molecular weight excluding hydrogens is 815 g/mol. The van der Waals surface area contributed by atoms with Gasteiger partial charge >= 0.3 is 6.09 Å². The van der Waals surface area contributed by atoms with Crippen LogP contribution in [-0.4, -0.2) is 115 Å². The Balaban J connectivity index is 1.22. The van der Waals surface area contributed by atoms with Crippen LogP contribution in [0.5, 0.6) is 5.88 Å². The van der Waals surface area contributed by atoms with Crippen LogP contribution in [0.3, 0.4) is 0 Å². The zero-order chi connectivity index (χ0) is 44.1. The molecule has 0 spiro atoms. The number of morpholine rings is 1. The summed E-state index contributed by atoms with van der Waals surface area (Å²) in [5.74, 6) is -6.42. The minimum atomic E-state index is -4.06. The topological polar surface area (TPSA) is 186 Å². The van der Waals surface area contributed by atoms with Gasteiger partial charge in [-0.15, -0.1) is 0 Å². The summed E-state index contributed by atoms with van der Waals surface area (Å²) in [5.41, 5.74) is -2.92. The molecule has 334 valence electrons. The predicted molar refractivity (Wildman–Crippen MR) is 222 cm³/mol. The molecule has 2 saturated heterocycles. The number of nitrogens with zero attached hydrogens (tertiary/aromatic N) is 3. The molecular formula is C43H58F2N6O9S. The van der Waals surface area contributed by atoms with Crippen LogP contribution in [0, 0.1) is 17.8 Å². The summed E-state index contributed by atoms with van der Waals surface area (Å²) in [7, 11) is -4.06. The van der Waals surface area contributed by atoms with Crippen molar-refractivity contribution in [2.24, 2.45) is 17.8 Å². The Morgan fingerprint density at radius 2 is 1.74 bits per heavy atom. The number of fused-ring (bicyclic) bond motifs is 3. The number of anilines is 1. The van der Waals surface area contributed by atoms with E-state index in [1.807, 2.05) is 43.3 Å². The van der Waals surface area contributed by atoms with E-state index in [1.54, 1.807) is 20.0 Å². The highest BCUT2D eigenvalue weighted by Gasteiger charge is 2.63. The average Bonchev–Trinajstić information content (AvgIpc) is 4.08. The maximum Gasteiger partial charge on any atom is 0.408 e. The Hall–Kier alpha value is -4.58. The number of amides is 4. The van der Waals surface area contributed by atoms with Crippen LogP contribution in [0.4, 0.5) is 19.3 Å². The van der Waals surface area contributed by atoms with Gasteiger partial charge in [-0.05, 0) is 77.2 Å². The summed E-state index contributed by atoms with van der Waals surface area (Å²) in [5, 5.41) is 7.03. The third-order valence-corrected chi connectivity index (χ3v) is 15.5. The van der Waals surface area contributed by atoms with Gasteiger partial charge in [-0.2, -0.15) is 0 Å². The van der Waals surface area contributed by atoms with E-state index in [0.717, 1.165) is 24.9 Å². The van der Waals surface area contributed by atoms with Gasteiger partial charge in [0.25, 0.3) is 11.8 Å². The van der Waals surface area contributed by atoms with Gasteiger partial charge in [-0.1, -0.05) is 44.2 Å². The van der Waals surface area contributed by atoms with Crippen LogP contribution in [0.15, 0.2) is 42.6 Å². The maximum absolute atomic E-state index is 14.9. The molecule has 0 radical (unpaired) electrons. The number of hydrogen-bond acceptors (Lipinski definition) is 11. The number of nitrogens with one attached hydrogen (secondary N) is 3. The Morgan fingerprint density at radius 1 is 1.05 bits per heavy atom. The first kappa shape index (κ1) is 44.5. The van der Waals surface area contributed by atoms with E-state index in [1.165, 1.54) is 4.90 Å². The van der Waals surface area contributed by atoms with Crippen molar-refractivity contribution in [3.8, 4) is 5.88 Å². The number of benzene rings is 1. The summed E-state index contributed by atoms with van der Waals surface area (Å²) < 4.78 is 73.9. The highest BCUT2D eigenvalue weighted by molar-refractivity contribution is 7.91. The van der Waals surface area contributed by atoms with Crippen LogP contribution in [0.2, 0.25) is 0 Å². The van der Waals surface area contributed by atoms with Crippen molar-refractivity contribution in [1.29, 1.82) is 0 Å². The van der Waals surface area contributed by atoms with Crippen LogP contribution >= 0.6 is 0 Å². The number of sulfonamides is 1. The number of ether oxygens (including phenoxy) is 3. The van der Waals surface area contributed by atoms with Gasteiger partial charge in [0.05, 0.1) is 36.4 Å². The largest absolute Gasteiger partial charge is 0.472 e. The van der Waals surface area contributed by atoms with Crippen molar-refractivity contribution >= 4 is 50.3 Å². The van der Waals surface area contributed by atoms with Gasteiger partial charge in [0.15, 0.2) is 5.60 Å². The number of alkyl carbamates (subject to hydrolysis) is 1. The SMILES string of the molecule is C[C@H]1CC/C=C\[C@@H]2C[C@@]2(C(=O)NS(=O)(=O)C2(C)CC2)NC(=O)[C@@H]2C[C@@H](Oc3ncc(N4CCOCC4)c4ccccc34)CN2C(=O)C(NC(=O)OC(C)(C)C(C)(F)F)[C@H](C)C1. The van der Waals surface area contributed by atoms with Gasteiger partial charge in [0.1, 0.15) is 23.7 Å². The summed E-state index contributed by atoms with van der Waals surface area (Å²) in [6.45, 7) is 10.5. The molecule has 5 aliphatic rings. The van der Waals surface area contributed by atoms with Crippen LogP contribution in [0.25, 0.3) is 10.8 Å². The first-order chi connectivity index (χ1) is 28.6. The van der Waals surface area contributed by atoms with Crippen LogP contribution in [0.1, 0.15) is 86.5 Å². The standard InChI is InChI=1S/C43H58F2N6O9S/c1-26-11-7-8-12-28-23-43(28,38(54)49-61(56,57)41(5)15-16-41)48-35(52)32-22-29(59-36-31-14-10-9-13-30(31)33(24-46-36)50-17-19-58-20-18-50)25-51(32)37(53)34(27(2)21-26)47-39(55)60-40(3,4)42(6,44)45/h8-10,12-14,24,26-29,32,34H,7,11,15-23,25H2,1-6H3,(H,47,55)(H,48,52)(H,49,54)/b12-8-/t26-,27+,28+,29+,32-,34?,43+/m0/s1. The van der Waals surface area contributed by atoms with Gasteiger partial charge in [0, 0.05) is 43.1 Å². The van der Waals surface area contributed by atoms with Crippen molar-refractivity contribution in [2.75, 3.05) is 37.7 Å². The number of pyridine rings is 1. The quantitative estimate of drug-likeness (QED) is 0.293. The molecule has 2 aliphatic carbocycles. The molecule has 4 heterocycles. The number of halogens is 2. The molecule has 4 amide bonds. The molecule has 1 unspecified atom stereocenters. The molecule has 15 nitrogen and oxygen atoms in total. The number of carbonyl (C=O) groups is 4. The molecule has 2 saturated carbocycles. The number of alkyl halides is 2. The minimum absolute atomic E-state index is 0.0241. The van der Waals surface area contributed by atoms with Crippen molar-refractivity contribution in [2.45, 2.75) is 126 Å². The van der Waals surface area contributed by atoms with Gasteiger partial charge in [-0.3, -0.25) is 19.1 Å². The number of rotatable bonds is 9. The van der Waals surface area contributed by atoms with E-state index in [-0.39, 0.29) is 31.2 Å². The molecule has 7 atom stereocenters. The monoisotopic (exact) mass is 872 g/mol. The van der Waals surface area contributed by atoms with Crippen LogP contribution in [-0.2, 0) is 33.9 Å². The van der Waals surface area contributed by atoms with Crippen molar-refractivity contribution in [1.82, 2.24) is 25.2 Å². The first-order valence-corrected chi connectivity index (χ1v) is 22.7. The number of carbonyl (C=O) groups excluding carboxylic acids is 4. The molecule has 3 N–H and O–H groups in total. The van der Waals surface area contributed by atoms with Crippen molar-refractivity contribution in [3.63, 3.8) is 0 Å². The smallest absolute Gasteiger partial charge is 0.408 e. The fraction of sp³-hybridized carbons (Fsp3) is 0.651. The summed E-state index contributed by atoms with van der Waals surface area (Å²) in [4.78, 5) is 65.1. The second-order valence-electron chi connectivity index (χ2n) is 18.5. The lowest BCUT2D eigenvalue weighted by Gasteiger charge is -2.35. The minimum Gasteiger partial charge on any atom is -0.472 e.